The Morgan fingerprint density at radius 3 is 0.543 bits per heavy atom. The molecular weight excluding hydrogens is 660 g/mol. The van der Waals surface area contributed by atoms with E-state index in [0.29, 0.717) is 0 Å². The molecule has 0 N–H and O–H groups in total. The van der Waals surface area contributed by atoms with Crippen molar-refractivity contribution in [3.8, 4) is 0 Å². The lowest BCUT2D eigenvalue weighted by Crippen LogP contribution is -3.01. The van der Waals surface area contributed by atoms with Crippen molar-refractivity contribution in [3.05, 3.63) is 0 Å². The van der Waals surface area contributed by atoms with Crippen molar-refractivity contribution >= 4 is 74.7 Å². The number of rotatable bonds is 4. The maximum atomic E-state index is 8.28. The second kappa shape index (κ2) is 9.71. The lowest BCUT2D eigenvalue weighted by molar-refractivity contribution is 0.615. The van der Waals surface area contributed by atoms with Crippen LogP contribution >= 0.6 is 41.7 Å². The van der Waals surface area contributed by atoms with Gasteiger partial charge in [-0.2, -0.15) is 0 Å². The molecule has 0 saturated carbocycles. The molecule has 0 radical (unpaired) electrons. The number of hydrogen-bond donors (Lipinski definition) is 0. The number of halogens is 3. The standard InChI is InChI=1S/C27H63Br2ClSi5/c1-22(2,3)31(19,23(4,5)6)35(34(28,29)30,32(20,24(7,8)9)25(10,11)12)33(21,26(13,14)15)27(16,17)18/h1-21H3. The van der Waals surface area contributed by atoms with Gasteiger partial charge in [-0.15, -0.1) is 11.1 Å². The Labute approximate surface area is 247 Å². The molecule has 0 spiro atoms. The molecule has 0 heterocycles. The van der Waals surface area contributed by atoms with Crippen molar-refractivity contribution in [2.45, 2.75) is 174 Å². The summed E-state index contributed by atoms with van der Waals surface area (Å²) in [4.78, 5) is 0. The first kappa shape index (κ1) is 37.3. The van der Waals surface area contributed by atoms with Gasteiger partial charge in [0.1, 0.15) is 0 Å². The molecular formula is C27H63Br2ClSi5. The summed E-state index contributed by atoms with van der Waals surface area (Å²) >= 11 is 17.4. The Morgan fingerprint density at radius 1 is 0.371 bits per heavy atom. The van der Waals surface area contributed by atoms with Gasteiger partial charge in [0, 0.05) is 0 Å². The maximum Gasteiger partial charge on any atom is 0.271 e. The van der Waals surface area contributed by atoms with Gasteiger partial charge >= 0.3 is 0 Å². The van der Waals surface area contributed by atoms with E-state index in [4.69, 9.17) is 11.1 Å². The van der Waals surface area contributed by atoms with Gasteiger partial charge in [-0.05, 0) is 30.2 Å². The highest BCUT2D eigenvalue weighted by atomic mass is 79.9. The van der Waals surface area contributed by atoms with Crippen molar-refractivity contribution in [2.24, 2.45) is 0 Å². The molecule has 0 aliphatic rings. The van der Waals surface area contributed by atoms with Crippen LogP contribution in [-0.4, -0.2) is 33.1 Å². The maximum absolute atomic E-state index is 8.28. The normalized spacial score (nSPS) is 17.1. The van der Waals surface area contributed by atoms with Gasteiger partial charge in [-0.1, -0.05) is 175 Å². The Hall–Kier alpha value is 2.33. The van der Waals surface area contributed by atoms with E-state index in [-0.39, 0.29) is 30.2 Å². The zero-order valence-corrected chi connectivity index (χ0v) is 36.6. The Morgan fingerprint density at radius 2 is 0.486 bits per heavy atom. The van der Waals surface area contributed by atoms with Gasteiger partial charge in [0.05, 0.1) is 28.9 Å². The van der Waals surface area contributed by atoms with E-state index < -0.39 is 33.1 Å². The molecule has 35 heavy (non-hydrogen) atoms. The van der Waals surface area contributed by atoms with Crippen LogP contribution in [0.3, 0.4) is 0 Å². The molecule has 0 aromatic carbocycles. The highest BCUT2D eigenvalue weighted by Gasteiger charge is 2.88. The molecule has 0 atom stereocenters. The summed E-state index contributed by atoms with van der Waals surface area (Å²) < 4.78 is -2.58. The van der Waals surface area contributed by atoms with Crippen LogP contribution in [0.15, 0.2) is 0 Å². The third kappa shape index (κ3) is 5.02. The first-order valence-electron chi connectivity index (χ1n) is 13.6. The van der Waals surface area contributed by atoms with Gasteiger partial charge in [-0.3, -0.25) is 0 Å². The van der Waals surface area contributed by atoms with E-state index in [1.807, 2.05) is 0 Å². The lowest BCUT2D eigenvalue weighted by Gasteiger charge is -2.79. The van der Waals surface area contributed by atoms with Crippen LogP contribution in [0.25, 0.3) is 0 Å². The number of hydrogen-bond acceptors (Lipinski definition) is 0. The van der Waals surface area contributed by atoms with E-state index in [2.05, 4.69) is 175 Å². The highest BCUT2D eigenvalue weighted by molar-refractivity contribution is 9.56. The van der Waals surface area contributed by atoms with Crippen LogP contribution < -0.4 is 0 Å². The predicted molar refractivity (Wildman–Crippen MR) is 188 cm³/mol. The Balaban J connectivity index is 9.48. The van der Waals surface area contributed by atoms with Crippen LogP contribution in [0, 0.1) is 0 Å². The molecule has 0 amide bonds. The summed E-state index contributed by atoms with van der Waals surface area (Å²) in [5.41, 5.74) is 0. The fourth-order valence-corrected chi connectivity index (χ4v) is 244. The van der Waals surface area contributed by atoms with E-state index in [1.165, 1.54) is 0 Å². The molecule has 212 valence electrons. The van der Waals surface area contributed by atoms with Crippen molar-refractivity contribution in [3.63, 3.8) is 0 Å². The minimum Gasteiger partial charge on any atom is -0.142 e. The minimum absolute atomic E-state index is 0.224. The van der Waals surface area contributed by atoms with Crippen LogP contribution in [0.1, 0.15) is 125 Å². The fraction of sp³-hybridized carbons (Fsp3) is 1.00. The van der Waals surface area contributed by atoms with Gasteiger partial charge in [0.2, 0.25) is 0 Å². The first-order chi connectivity index (χ1) is 14.5. The van der Waals surface area contributed by atoms with Gasteiger partial charge in [0.25, 0.3) is 4.14 Å². The molecule has 0 aromatic rings. The smallest absolute Gasteiger partial charge is 0.142 e. The van der Waals surface area contributed by atoms with E-state index >= 15 is 0 Å². The summed E-state index contributed by atoms with van der Waals surface area (Å²) in [5, 5.41) is 1.34. The summed E-state index contributed by atoms with van der Waals surface area (Å²) in [6.07, 6.45) is -2.42. The zero-order chi connectivity index (χ0) is 29.5. The van der Waals surface area contributed by atoms with Gasteiger partial charge in [-0.25, -0.2) is 0 Å². The van der Waals surface area contributed by atoms with Gasteiger partial charge < -0.3 is 0 Å². The van der Waals surface area contributed by atoms with Crippen molar-refractivity contribution in [1.29, 1.82) is 0 Å². The predicted octanol–water partition coefficient (Wildman–Crippen LogP) is 12.8. The molecule has 0 saturated heterocycles. The van der Waals surface area contributed by atoms with Crippen LogP contribution in [-0.2, 0) is 0 Å². The van der Waals surface area contributed by atoms with Crippen LogP contribution in [0.5, 0.6) is 0 Å². The first-order valence-corrected chi connectivity index (χ1v) is 34.6. The lowest BCUT2D eigenvalue weighted by atomic mass is 10.2. The third-order valence-corrected chi connectivity index (χ3v) is 153. The van der Waals surface area contributed by atoms with E-state index in [1.54, 1.807) is 0 Å². The quantitative estimate of drug-likeness (QED) is 0.200. The summed E-state index contributed by atoms with van der Waals surface area (Å²) in [7, 11) is -6.54. The highest BCUT2D eigenvalue weighted by Crippen LogP contribution is 2.75. The molecule has 0 bridgehead atoms. The second-order valence-corrected chi connectivity index (χ2v) is 85.7. The van der Waals surface area contributed by atoms with E-state index in [0.717, 1.165) is 0 Å². The fourth-order valence-electron chi connectivity index (χ4n) is 9.10. The molecule has 0 fully saturated rings. The molecule has 0 rings (SSSR count). The largest absolute Gasteiger partial charge is 0.271 e. The van der Waals surface area contributed by atoms with Crippen molar-refractivity contribution < 1.29 is 0 Å². The Kier molecular flexibility index (Phi) is 10.4. The third-order valence-electron chi connectivity index (χ3n) is 11.7. The van der Waals surface area contributed by atoms with Crippen molar-refractivity contribution in [2.75, 3.05) is 0 Å². The molecule has 0 nitrogen and oxygen atoms in total. The molecule has 0 aliphatic carbocycles. The average molecular weight is 723 g/mol. The van der Waals surface area contributed by atoms with Crippen LogP contribution in [0.4, 0.5) is 0 Å². The van der Waals surface area contributed by atoms with E-state index in [9.17, 15) is 0 Å². The average Bonchev–Trinajstić information content (AvgIpc) is 2.46. The minimum atomic E-state index is -2.58. The molecule has 0 aliphatic heterocycles. The van der Waals surface area contributed by atoms with Gasteiger partial charge in [0.15, 0.2) is 0 Å². The zero-order valence-electron chi connectivity index (χ0n) is 27.6. The molecule has 8 heteroatoms. The summed E-state index contributed by atoms with van der Waals surface area (Å²) in [6.45, 7) is 55.4. The topological polar surface area (TPSA) is 0 Å². The summed E-state index contributed by atoms with van der Waals surface area (Å²) in [6, 6.07) is 0. The second-order valence-electron chi connectivity index (χ2n) is 18.1. The molecule has 0 aromatic heterocycles. The monoisotopic (exact) mass is 720 g/mol. The van der Waals surface area contributed by atoms with Crippen molar-refractivity contribution in [1.82, 2.24) is 0 Å². The summed E-state index contributed by atoms with van der Waals surface area (Å²) in [5.74, 6) is 0. The van der Waals surface area contributed by atoms with Crippen LogP contribution in [0.2, 0.25) is 49.9 Å². The molecule has 0 unspecified atom stereocenters. The Bertz CT molecular complexity index is 626. The SMILES string of the molecule is CC(C)(C)[Si](C)(C(C)(C)C)[Si]([Si](Cl)(Br)Br)([Si](C)(C(C)(C)C)C(C)(C)C)[Si](C)(C(C)(C)C)C(C)(C)C.